The molecule has 0 aliphatic carbocycles. The maximum atomic E-state index is 13.3. The zero-order valence-electron chi connectivity index (χ0n) is 18.1. The Kier molecular flexibility index (Phi) is 5.87. The lowest BCUT2D eigenvalue weighted by molar-refractivity contribution is -0.118. The molecule has 0 saturated heterocycles. The van der Waals surface area contributed by atoms with E-state index in [9.17, 15) is 9.59 Å². The number of carbonyl (C=O) groups excluding carboxylic acids is 1. The predicted molar refractivity (Wildman–Crippen MR) is 123 cm³/mol. The van der Waals surface area contributed by atoms with Crippen LogP contribution in [-0.2, 0) is 11.8 Å². The molecule has 0 radical (unpaired) electrons. The summed E-state index contributed by atoms with van der Waals surface area (Å²) >= 11 is 1.20. The molecule has 31 heavy (non-hydrogen) atoms. The van der Waals surface area contributed by atoms with Crippen LogP contribution in [0.25, 0.3) is 0 Å². The third-order valence-corrected chi connectivity index (χ3v) is 6.50. The molecule has 0 unspecified atom stereocenters. The minimum Gasteiger partial charge on any atom is -0.497 e. The van der Waals surface area contributed by atoms with Gasteiger partial charge in [0, 0.05) is 19.4 Å². The second kappa shape index (κ2) is 8.59. The minimum atomic E-state index is -0.157. The number of ether oxygens (including phenoxy) is 2. The molecule has 3 aromatic rings. The Morgan fingerprint density at radius 3 is 2.29 bits per heavy atom. The third kappa shape index (κ3) is 4.10. The smallest absolute Gasteiger partial charge is 0.308 e. The van der Waals surface area contributed by atoms with Gasteiger partial charge in [-0.1, -0.05) is 37.3 Å². The number of methoxy groups -OCH3 is 1. The fourth-order valence-corrected chi connectivity index (χ4v) is 4.84. The van der Waals surface area contributed by atoms with Crippen LogP contribution >= 0.6 is 11.3 Å². The summed E-state index contributed by atoms with van der Waals surface area (Å²) in [6, 6.07) is 15.2. The van der Waals surface area contributed by atoms with E-state index in [0.717, 1.165) is 21.9 Å². The van der Waals surface area contributed by atoms with Crippen LogP contribution < -0.4 is 19.2 Å². The van der Waals surface area contributed by atoms with Crippen LogP contribution in [0.15, 0.2) is 53.3 Å². The highest BCUT2D eigenvalue weighted by molar-refractivity contribution is 7.10. The molecule has 1 aliphatic rings. The molecule has 0 fully saturated rings. The van der Waals surface area contributed by atoms with Crippen molar-refractivity contribution >= 4 is 28.7 Å². The summed E-state index contributed by atoms with van der Waals surface area (Å²) in [6.45, 7) is 4.87. The summed E-state index contributed by atoms with van der Waals surface area (Å²) in [7, 11) is 3.32. The quantitative estimate of drug-likeness (QED) is 0.560. The van der Waals surface area contributed by atoms with Gasteiger partial charge in [0.2, 0.25) is 5.91 Å². The Bertz CT molecular complexity index is 1130. The first kappa shape index (κ1) is 21.2. The number of hydrogen-bond acceptors (Lipinski definition) is 5. The Labute approximate surface area is 185 Å². The molecule has 0 N–H and O–H groups in total. The van der Waals surface area contributed by atoms with E-state index in [1.807, 2.05) is 48.5 Å². The molecule has 1 aromatic heterocycles. The molecular weight excluding hydrogens is 412 g/mol. The molecule has 4 rings (SSSR count). The van der Waals surface area contributed by atoms with Crippen LogP contribution in [0.3, 0.4) is 0 Å². The standard InChI is InChI=1S/C24H26N2O4S/c1-15(2)14-30-19-9-5-16(6-10-19)20-13-21(27)26(17-7-11-18(29-4)12-8-17)23-22(20)31-24(28)25(23)3/h5-12,15,20H,13-14H2,1-4H3/t20-/m0/s1. The Hall–Kier alpha value is -3.06. The molecule has 0 bridgehead atoms. The molecule has 0 saturated carbocycles. The van der Waals surface area contributed by atoms with Gasteiger partial charge < -0.3 is 9.47 Å². The van der Waals surface area contributed by atoms with Gasteiger partial charge in [0.1, 0.15) is 17.3 Å². The second-order valence-corrected chi connectivity index (χ2v) is 9.07. The highest BCUT2D eigenvalue weighted by Gasteiger charge is 2.37. The summed E-state index contributed by atoms with van der Waals surface area (Å²) in [5.41, 5.74) is 1.72. The van der Waals surface area contributed by atoms with E-state index in [4.69, 9.17) is 9.47 Å². The SMILES string of the molecule is COc1ccc(N2C(=O)C[C@@H](c3ccc(OCC(C)C)cc3)c3sc(=O)n(C)c32)cc1. The van der Waals surface area contributed by atoms with Crippen molar-refractivity contribution in [2.75, 3.05) is 18.6 Å². The van der Waals surface area contributed by atoms with E-state index in [-0.39, 0.29) is 16.7 Å². The lowest BCUT2D eigenvalue weighted by Crippen LogP contribution is -2.34. The van der Waals surface area contributed by atoms with Gasteiger partial charge in [0.25, 0.3) is 0 Å². The maximum absolute atomic E-state index is 13.3. The Balaban J connectivity index is 1.71. The monoisotopic (exact) mass is 438 g/mol. The number of carbonyl (C=O) groups is 1. The van der Waals surface area contributed by atoms with E-state index in [0.29, 0.717) is 30.5 Å². The van der Waals surface area contributed by atoms with E-state index < -0.39 is 0 Å². The van der Waals surface area contributed by atoms with Gasteiger partial charge in [-0.25, -0.2) is 0 Å². The van der Waals surface area contributed by atoms with Crippen molar-refractivity contribution in [1.82, 2.24) is 4.57 Å². The van der Waals surface area contributed by atoms with Crippen LogP contribution in [0.5, 0.6) is 11.5 Å². The Morgan fingerprint density at radius 1 is 1.03 bits per heavy atom. The fourth-order valence-electron chi connectivity index (χ4n) is 3.75. The van der Waals surface area contributed by atoms with Crippen molar-refractivity contribution in [1.29, 1.82) is 0 Å². The van der Waals surface area contributed by atoms with Gasteiger partial charge in [-0.2, -0.15) is 0 Å². The first-order valence-electron chi connectivity index (χ1n) is 10.3. The summed E-state index contributed by atoms with van der Waals surface area (Å²) in [5.74, 6) is 2.41. The number of anilines is 2. The first-order valence-corrected chi connectivity index (χ1v) is 11.1. The number of nitrogens with zero attached hydrogens (tertiary/aromatic N) is 2. The zero-order valence-corrected chi connectivity index (χ0v) is 18.9. The van der Waals surface area contributed by atoms with Gasteiger partial charge in [0.05, 0.1) is 24.3 Å². The van der Waals surface area contributed by atoms with Gasteiger partial charge in [0.15, 0.2) is 0 Å². The lowest BCUT2D eigenvalue weighted by atomic mass is 9.90. The average Bonchev–Trinajstić information content (AvgIpc) is 3.07. The first-order chi connectivity index (χ1) is 14.9. The number of benzene rings is 2. The molecule has 1 aliphatic heterocycles. The zero-order chi connectivity index (χ0) is 22.1. The normalized spacial score (nSPS) is 15.8. The molecule has 2 heterocycles. The number of thiazole rings is 1. The van der Waals surface area contributed by atoms with Crippen LogP contribution in [0.4, 0.5) is 11.5 Å². The highest BCUT2D eigenvalue weighted by Crippen LogP contribution is 2.44. The number of hydrogen-bond donors (Lipinski definition) is 0. The van der Waals surface area contributed by atoms with Crippen LogP contribution in [0.2, 0.25) is 0 Å². The van der Waals surface area contributed by atoms with Crippen molar-refractivity contribution in [2.24, 2.45) is 13.0 Å². The molecule has 7 heteroatoms. The van der Waals surface area contributed by atoms with Crippen molar-refractivity contribution in [3.63, 3.8) is 0 Å². The predicted octanol–water partition coefficient (Wildman–Crippen LogP) is 4.69. The van der Waals surface area contributed by atoms with Crippen molar-refractivity contribution in [3.05, 3.63) is 68.6 Å². The van der Waals surface area contributed by atoms with E-state index in [2.05, 4.69) is 13.8 Å². The number of fused-ring (bicyclic) bond motifs is 1. The van der Waals surface area contributed by atoms with Crippen LogP contribution in [0, 0.1) is 5.92 Å². The number of rotatable bonds is 6. The topological polar surface area (TPSA) is 60.8 Å². The third-order valence-electron chi connectivity index (χ3n) is 5.36. The van der Waals surface area contributed by atoms with Crippen molar-refractivity contribution in [2.45, 2.75) is 26.2 Å². The number of aromatic nitrogens is 1. The molecule has 6 nitrogen and oxygen atoms in total. The largest absolute Gasteiger partial charge is 0.497 e. The Morgan fingerprint density at radius 2 is 1.68 bits per heavy atom. The van der Waals surface area contributed by atoms with E-state index in [1.165, 1.54) is 11.3 Å². The average molecular weight is 439 g/mol. The van der Waals surface area contributed by atoms with Gasteiger partial charge in [-0.05, 0) is 47.9 Å². The molecule has 1 amide bonds. The van der Waals surface area contributed by atoms with Crippen molar-refractivity contribution in [3.8, 4) is 11.5 Å². The van der Waals surface area contributed by atoms with Gasteiger partial charge >= 0.3 is 4.87 Å². The van der Waals surface area contributed by atoms with Gasteiger partial charge in [-0.15, -0.1) is 0 Å². The van der Waals surface area contributed by atoms with Crippen LogP contribution in [-0.4, -0.2) is 24.2 Å². The molecule has 2 aromatic carbocycles. The summed E-state index contributed by atoms with van der Waals surface area (Å²) < 4.78 is 12.6. The van der Waals surface area contributed by atoms with E-state index in [1.54, 1.807) is 23.6 Å². The van der Waals surface area contributed by atoms with Gasteiger partial charge in [-0.3, -0.25) is 19.1 Å². The van der Waals surface area contributed by atoms with Crippen LogP contribution in [0.1, 0.15) is 36.6 Å². The lowest BCUT2D eigenvalue weighted by Gasteiger charge is -2.32. The second-order valence-electron chi connectivity index (χ2n) is 8.07. The van der Waals surface area contributed by atoms with Crippen molar-refractivity contribution < 1.29 is 14.3 Å². The summed E-state index contributed by atoms with van der Waals surface area (Å²) in [5, 5.41) is 0. The maximum Gasteiger partial charge on any atom is 0.308 e. The molecule has 162 valence electrons. The molecule has 1 atom stereocenters. The summed E-state index contributed by atoms with van der Waals surface area (Å²) in [6.07, 6.45) is 0.297. The summed E-state index contributed by atoms with van der Waals surface area (Å²) in [4.78, 5) is 28.3. The van der Waals surface area contributed by atoms with E-state index >= 15 is 0 Å². The molecule has 0 spiro atoms. The minimum absolute atomic E-state index is 0.0452. The fraction of sp³-hybridized carbons (Fsp3) is 0.333. The highest BCUT2D eigenvalue weighted by atomic mass is 32.1. The molecular formula is C24H26N2O4S. The number of amides is 1.